The maximum absolute atomic E-state index is 6.14. The van der Waals surface area contributed by atoms with Gasteiger partial charge in [0.05, 0.1) is 22.5 Å². The highest BCUT2D eigenvalue weighted by molar-refractivity contribution is 7.13. The van der Waals surface area contributed by atoms with Crippen LogP contribution in [0.1, 0.15) is 0 Å². The molecule has 0 bridgehead atoms. The molecule has 0 fully saturated rings. The number of hydrogen-bond donors (Lipinski definition) is 1. The van der Waals surface area contributed by atoms with E-state index in [-0.39, 0.29) is 0 Å². The van der Waals surface area contributed by atoms with Crippen LogP contribution in [0.3, 0.4) is 0 Å². The summed E-state index contributed by atoms with van der Waals surface area (Å²) in [5.41, 5.74) is 3.93. The van der Waals surface area contributed by atoms with Gasteiger partial charge in [-0.3, -0.25) is 4.98 Å². The second-order valence-corrected chi connectivity index (χ2v) is 6.11. The number of nitrogens with one attached hydrogen (secondary N) is 1. The number of rotatable bonds is 4. The molecule has 0 atom stereocenters. The lowest BCUT2D eigenvalue weighted by Gasteiger charge is -2.05. The lowest BCUT2D eigenvalue weighted by molar-refractivity contribution is 0.415. The van der Waals surface area contributed by atoms with Gasteiger partial charge in [0.1, 0.15) is 11.4 Å². The van der Waals surface area contributed by atoms with Crippen LogP contribution in [0, 0.1) is 0 Å². The highest BCUT2D eigenvalue weighted by Crippen LogP contribution is 2.29. The minimum Gasteiger partial charge on any atom is -0.495 e. The summed E-state index contributed by atoms with van der Waals surface area (Å²) in [6.45, 7) is 0. The maximum atomic E-state index is 6.14. The van der Waals surface area contributed by atoms with Crippen LogP contribution in [-0.2, 0) is 0 Å². The zero-order chi connectivity index (χ0) is 16.5. The largest absolute Gasteiger partial charge is 0.495 e. The van der Waals surface area contributed by atoms with E-state index < -0.39 is 0 Å². The molecule has 1 N–H and O–H groups in total. The van der Waals surface area contributed by atoms with Gasteiger partial charge in [-0.2, -0.15) is 4.98 Å². The Morgan fingerprint density at radius 1 is 1.33 bits per heavy atom. The van der Waals surface area contributed by atoms with Gasteiger partial charge in [0.25, 0.3) is 0 Å². The molecule has 0 saturated heterocycles. The van der Waals surface area contributed by atoms with Gasteiger partial charge in [-0.1, -0.05) is 11.6 Å². The van der Waals surface area contributed by atoms with Crippen molar-refractivity contribution in [3.8, 4) is 16.3 Å². The number of anilines is 2. The number of nitrogens with zero attached hydrogens (tertiary/aromatic N) is 5. The van der Waals surface area contributed by atoms with Crippen LogP contribution in [0.15, 0.2) is 42.3 Å². The first-order valence-electron chi connectivity index (χ1n) is 6.95. The fraction of sp³-hybridized carbons (Fsp3) is 0.0667. The topological polar surface area (TPSA) is 77.2 Å². The van der Waals surface area contributed by atoms with E-state index in [1.165, 1.54) is 11.3 Å². The lowest BCUT2D eigenvalue weighted by Crippen LogP contribution is -1.94. The number of fused-ring (bicyclic) bond motifs is 1. The van der Waals surface area contributed by atoms with E-state index in [2.05, 4.69) is 25.4 Å². The summed E-state index contributed by atoms with van der Waals surface area (Å²) in [5.74, 6) is 1.07. The highest BCUT2D eigenvalue weighted by Gasteiger charge is 2.12. The van der Waals surface area contributed by atoms with Crippen LogP contribution in [0.2, 0.25) is 5.02 Å². The standard InChI is InChI=1S/C15H11ClN6OS/c1-23-11-3-2-9(6-10(11)16)19-15-20-14-13(12-7-17-8-24-12)18-4-5-22(14)21-15/h2-8H,1H3,(H,19,21). The molecule has 4 aromatic rings. The van der Waals surface area contributed by atoms with Crippen LogP contribution in [0.5, 0.6) is 5.75 Å². The average Bonchev–Trinajstić information content (AvgIpc) is 3.23. The fourth-order valence-corrected chi connectivity index (χ4v) is 3.12. The van der Waals surface area contributed by atoms with Gasteiger partial charge in [0.2, 0.25) is 5.95 Å². The summed E-state index contributed by atoms with van der Waals surface area (Å²) in [6.07, 6.45) is 5.20. The molecule has 7 nitrogen and oxygen atoms in total. The van der Waals surface area contributed by atoms with Crippen molar-refractivity contribution in [1.29, 1.82) is 0 Å². The molecule has 4 rings (SSSR count). The minimum absolute atomic E-state index is 0.454. The Kier molecular flexibility index (Phi) is 3.75. The van der Waals surface area contributed by atoms with Crippen LogP contribution in [0.25, 0.3) is 16.2 Å². The summed E-state index contributed by atoms with van der Waals surface area (Å²) in [4.78, 5) is 13.9. The minimum atomic E-state index is 0.454. The highest BCUT2D eigenvalue weighted by atomic mass is 35.5. The van der Waals surface area contributed by atoms with Crippen molar-refractivity contribution in [1.82, 2.24) is 24.6 Å². The molecule has 0 spiro atoms. The first-order valence-corrected chi connectivity index (χ1v) is 8.21. The Bertz CT molecular complexity index is 1000. The Morgan fingerprint density at radius 2 is 2.25 bits per heavy atom. The first kappa shape index (κ1) is 14.9. The monoisotopic (exact) mass is 358 g/mol. The van der Waals surface area contributed by atoms with Crippen LogP contribution in [0.4, 0.5) is 11.6 Å². The number of thiazole rings is 1. The van der Waals surface area contributed by atoms with Gasteiger partial charge >= 0.3 is 0 Å². The van der Waals surface area contributed by atoms with Gasteiger partial charge < -0.3 is 10.1 Å². The summed E-state index contributed by atoms with van der Waals surface area (Å²) in [5, 5.41) is 8.06. The second-order valence-electron chi connectivity index (χ2n) is 4.82. The maximum Gasteiger partial charge on any atom is 0.247 e. The molecule has 3 heterocycles. The van der Waals surface area contributed by atoms with Gasteiger partial charge in [0.15, 0.2) is 5.65 Å². The quantitative estimate of drug-likeness (QED) is 0.600. The van der Waals surface area contributed by atoms with Gasteiger partial charge in [0, 0.05) is 24.3 Å². The smallest absolute Gasteiger partial charge is 0.247 e. The first-order chi connectivity index (χ1) is 11.7. The van der Waals surface area contributed by atoms with E-state index in [4.69, 9.17) is 16.3 Å². The molecule has 3 aromatic heterocycles. The Hall–Kier alpha value is -2.71. The average molecular weight is 359 g/mol. The van der Waals surface area contributed by atoms with Crippen LogP contribution < -0.4 is 10.1 Å². The van der Waals surface area contributed by atoms with Crippen LogP contribution in [-0.4, -0.2) is 31.7 Å². The van der Waals surface area contributed by atoms with Gasteiger partial charge in [-0.15, -0.1) is 16.4 Å². The number of ether oxygens (including phenoxy) is 1. The van der Waals surface area contributed by atoms with Gasteiger partial charge in [-0.05, 0) is 18.2 Å². The third kappa shape index (κ3) is 2.66. The van der Waals surface area contributed by atoms with Crippen molar-refractivity contribution in [2.75, 3.05) is 12.4 Å². The van der Waals surface area contributed by atoms with E-state index in [9.17, 15) is 0 Å². The Balaban J connectivity index is 1.71. The Labute approximate surface area is 145 Å². The zero-order valence-corrected chi connectivity index (χ0v) is 14.0. The third-order valence-electron chi connectivity index (χ3n) is 3.33. The molecule has 0 saturated carbocycles. The molecule has 0 aliphatic heterocycles. The second kappa shape index (κ2) is 6.06. The number of halogens is 1. The molecule has 9 heteroatoms. The van der Waals surface area contributed by atoms with Gasteiger partial charge in [-0.25, -0.2) is 9.50 Å². The van der Waals surface area contributed by atoms with Crippen molar-refractivity contribution in [2.24, 2.45) is 0 Å². The van der Waals surface area contributed by atoms with E-state index in [1.54, 1.807) is 47.9 Å². The molecule has 0 amide bonds. The van der Waals surface area contributed by atoms with Crippen molar-refractivity contribution in [3.63, 3.8) is 0 Å². The zero-order valence-electron chi connectivity index (χ0n) is 12.5. The molecule has 24 heavy (non-hydrogen) atoms. The Morgan fingerprint density at radius 3 is 3.00 bits per heavy atom. The predicted molar refractivity (Wildman–Crippen MR) is 93.2 cm³/mol. The van der Waals surface area contributed by atoms with Crippen molar-refractivity contribution in [3.05, 3.63) is 47.3 Å². The van der Waals surface area contributed by atoms with E-state index >= 15 is 0 Å². The molecular weight excluding hydrogens is 348 g/mol. The summed E-state index contributed by atoms with van der Waals surface area (Å²) in [7, 11) is 1.58. The van der Waals surface area contributed by atoms with E-state index in [0.29, 0.717) is 22.4 Å². The SMILES string of the molecule is COc1ccc(Nc2nc3c(-c4cncs4)nccn3n2)cc1Cl. The lowest BCUT2D eigenvalue weighted by atomic mass is 10.3. The molecule has 0 aliphatic rings. The fourth-order valence-electron chi connectivity index (χ4n) is 2.25. The van der Waals surface area contributed by atoms with E-state index in [1.807, 2.05) is 6.07 Å². The molecule has 0 aliphatic carbocycles. The molecule has 1 aromatic carbocycles. The molecule has 0 unspecified atom stereocenters. The normalized spacial score (nSPS) is 10.9. The molecule has 120 valence electrons. The summed E-state index contributed by atoms with van der Waals surface area (Å²) in [6, 6.07) is 5.39. The molecule has 0 radical (unpaired) electrons. The predicted octanol–water partition coefficient (Wildman–Crippen LogP) is 3.65. The van der Waals surface area contributed by atoms with Crippen molar-refractivity contribution < 1.29 is 4.74 Å². The van der Waals surface area contributed by atoms with Crippen molar-refractivity contribution >= 4 is 40.2 Å². The molecular formula is C15H11ClN6OS. The number of aromatic nitrogens is 5. The summed E-state index contributed by atoms with van der Waals surface area (Å²) < 4.78 is 6.82. The number of hydrogen-bond acceptors (Lipinski definition) is 7. The third-order valence-corrected chi connectivity index (χ3v) is 4.40. The number of methoxy groups -OCH3 is 1. The number of benzene rings is 1. The van der Waals surface area contributed by atoms with Crippen LogP contribution >= 0.6 is 22.9 Å². The van der Waals surface area contributed by atoms with E-state index in [0.717, 1.165) is 16.3 Å². The summed E-state index contributed by atoms with van der Waals surface area (Å²) >= 11 is 7.64. The van der Waals surface area contributed by atoms with Crippen molar-refractivity contribution in [2.45, 2.75) is 0 Å².